The van der Waals surface area contributed by atoms with Gasteiger partial charge in [-0.3, -0.25) is 4.79 Å². The number of carbonyl (C=O) groups excluding carboxylic acids is 1. The normalized spacial score (nSPS) is 10.5. The lowest BCUT2D eigenvalue weighted by atomic mass is 10.1. The molecule has 1 N–H and O–H groups in total. The van der Waals surface area contributed by atoms with Gasteiger partial charge in [-0.25, -0.2) is 4.98 Å². The van der Waals surface area contributed by atoms with Gasteiger partial charge in [0.2, 0.25) is 5.91 Å². The van der Waals surface area contributed by atoms with E-state index in [4.69, 9.17) is 0 Å². The molecule has 1 heterocycles. The Labute approximate surface area is 146 Å². The van der Waals surface area contributed by atoms with Crippen LogP contribution in [0.5, 0.6) is 0 Å². The van der Waals surface area contributed by atoms with E-state index >= 15 is 0 Å². The molecule has 0 aliphatic heterocycles. The molecule has 0 aliphatic carbocycles. The molecule has 0 radical (unpaired) electrons. The number of thiazole rings is 1. The molecule has 24 heavy (non-hydrogen) atoms. The Hall–Kier alpha value is -2.46. The van der Waals surface area contributed by atoms with Crippen LogP contribution in [0.25, 0.3) is 0 Å². The van der Waals surface area contributed by atoms with Crippen LogP contribution < -0.4 is 5.32 Å². The van der Waals surface area contributed by atoms with Gasteiger partial charge in [0.1, 0.15) is 0 Å². The zero-order chi connectivity index (χ0) is 16.8. The molecule has 3 aromatic rings. The highest BCUT2D eigenvalue weighted by Crippen LogP contribution is 2.18. The molecular weight excluding hydrogens is 316 g/mol. The number of carbonyl (C=O) groups is 1. The lowest BCUT2D eigenvalue weighted by Crippen LogP contribution is -2.15. The summed E-state index contributed by atoms with van der Waals surface area (Å²) >= 11 is 1.61. The van der Waals surface area contributed by atoms with Gasteiger partial charge in [-0.15, -0.1) is 11.3 Å². The number of hydrogen-bond acceptors (Lipinski definition) is 3. The highest BCUT2D eigenvalue weighted by Gasteiger charge is 2.10. The zero-order valence-electron chi connectivity index (χ0n) is 13.7. The summed E-state index contributed by atoms with van der Waals surface area (Å²) in [4.78, 5) is 16.9. The van der Waals surface area contributed by atoms with E-state index < -0.39 is 0 Å². The Morgan fingerprint density at radius 1 is 1.08 bits per heavy atom. The summed E-state index contributed by atoms with van der Waals surface area (Å²) < 4.78 is 0. The molecule has 0 atom stereocenters. The summed E-state index contributed by atoms with van der Waals surface area (Å²) in [5.74, 6) is -0.0209. The van der Waals surface area contributed by atoms with E-state index in [9.17, 15) is 4.79 Å². The summed E-state index contributed by atoms with van der Waals surface area (Å²) in [5, 5.41) is 6.01. The number of nitrogens with one attached hydrogen (secondary N) is 1. The van der Waals surface area contributed by atoms with Crippen molar-refractivity contribution in [3.8, 4) is 0 Å². The number of para-hydroxylation sites is 1. The molecule has 0 fully saturated rings. The Morgan fingerprint density at radius 2 is 1.83 bits per heavy atom. The number of hydrogen-bond donors (Lipinski definition) is 1. The van der Waals surface area contributed by atoms with Gasteiger partial charge in [0, 0.05) is 17.5 Å². The van der Waals surface area contributed by atoms with E-state index in [1.54, 1.807) is 11.3 Å². The lowest BCUT2D eigenvalue weighted by molar-refractivity contribution is -0.115. The number of aromatic nitrogens is 1. The Morgan fingerprint density at radius 3 is 2.62 bits per heavy atom. The molecule has 0 unspecified atom stereocenters. The fourth-order valence-electron chi connectivity index (χ4n) is 2.59. The highest BCUT2D eigenvalue weighted by molar-refractivity contribution is 7.09. The minimum absolute atomic E-state index is 0.0209. The molecule has 0 saturated heterocycles. The van der Waals surface area contributed by atoms with Crippen LogP contribution in [0, 0.1) is 0 Å². The summed E-state index contributed by atoms with van der Waals surface area (Å²) in [6, 6.07) is 18.2. The first-order valence-electron chi connectivity index (χ1n) is 8.09. The maximum Gasteiger partial charge on any atom is 0.230 e. The maximum atomic E-state index is 12.3. The molecule has 3 nitrogen and oxygen atoms in total. The van der Waals surface area contributed by atoms with E-state index in [-0.39, 0.29) is 5.91 Å². The second kappa shape index (κ2) is 7.88. The first-order valence-corrected chi connectivity index (χ1v) is 8.97. The highest BCUT2D eigenvalue weighted by atomic mass is 32.1. The van der Waals surface area contributed by atoms with Gasteiger partial charge in [0.25, 0.3) is 0 Å². The van der Waals surface area contributed by atoms with Crippen LogP contribution >= 0.6 is 11.3 Å². The number of aryl methyl sites for hydroxylation is 1. The standard InChI is InChI=1S/C20H20N2OS/c1-2-16-10-6-7-11-18(16)22-19(23)13-17-14-24-20(21-17)12-15-8-4-3-5-9-15/h3-11,14H,2,12-13H2,1H3,(H,22,23). The number of rotatable bonds is 6. The van der Waals surface area contributed by atoms with Crippen molar-refractivity contribution in [3.63, 3.8) is 0 Å². The van der Waals surface area contributed by atoms with Gasteiger partial charge < -0.3 is 5.32 Å². The zero-order valence-corrected chi connectivity index (χ0v) is 14.5. The molecule has 2 aromatic carbocycles. The predicted octanol–water partition coefficient (Wildman–Crippen LogP) is 4.48. The Bertz CT molecular complexity index is 811. The van der Waals surface area contributed by atoms with E-state index in [1.165, 1.54) is 5.56 Å². The molecule has 1 aromatic heterocycles. The molecule has 0 aliphatic rings. The van der Waals surface area contributed by atoms with Crippen molar-refractivity contribution in [1.29, 1.82) is 0 Å². The van der Waals surface area contributed by atoms with Crippen molar-refractivity contribution in [3.05, 3.63) is 81.8 Å². The van der Waals surface area contributed by atoms with Crippen molar-refractivity contribution in [1.82, 2.24) is 4.98 Å². The van der Waals surface area contributed by atoms with Gasteiger partial charge in [0.05, 0.1) is 17.1 Å². The van der Waals surface area contributed by atoms with Gasteiger partial charge in [-0.2, -0.15) is 0 Å². The summed E-state index contributed by atoms with van der Waals surface area (Å²) in [6.45, 7) is 2.08. The number of anilines is 1. The maximum absolute atomic E-state index is 12.3. The van der Waals surface area contributed by atoms with E-state index in [2.05, 4.69) is 29.4 Å². The summed E-state index contributed by atoms with van der Waals surface area (Å²) in [5.41, 5.74) is 4.11. The van der Waals surface area contributed by atoms with Gasteiger partial charge in [0.15, 0.2) is 0 Å². The molecule has 0 saturated carbocycles. The van der Waals surface area contributed by atoms with Crippen molar-refractivity contribution >= 4 is 22.9 Å². The molecule has 3 rings (SSSR count). The van der Waals surface area contributed by atoms with Gasteiger partial charge in [-0.05, 0) is 23.6 Å². The summed E-state index contributed by atoms with van der Waals surface area (Å²) in [7, 11) is 0. The van der Waals surface area contributed by atoms with Crippen LogP contribution in [-0.4, -0.2) is 10.9 Å². The van der Waals surface area contributed by atoms with Gasteiger partial charge >= 0.3 is 0 Å². The average Bonchev–Trinajstić information content (AvgIpc) is 3.03. The van der Waals surface area contributed by atoms with Crippen molar-refractivity contribution < 1.29 is 4.79 Å². The third-order valence-corrected chi connectivity index (χ3v) is 4.71. The first kappa shape index (κ1) is 16.4. The van der Waals surface area contributed by atoms with Crippen molar-refractivity contribution in [2.45, 2.75) is 26.2 Å². The predicted molar refractivity (Wildman–Crippen MR) is 99.5 cm³/mol. The SMILES string of the molecule is CCc1ccccc1NC(=O)Cc1csc(Cc2ccccc2)n1. The van der Waals surface area contributed by atoms with Crippen LogP contribution in [0.15, 0.2) is 60.0 Å². The molecule has 122 valence electrons. The summed E-state index contributed by atoms with van der Waals surface area (Å²) in [6.07, 6.45) is 2.02. The number of amides is 1. The van der Waals surface area contributed by atoms with Crippen LogP contribution in [0.1, 0.15) is 28.8 Å². The minimum Gasteiger partial charge on any atom is -0.325 e. The van der Waals surface area contributed by atoms with Crippen LogP contribution in [0.4, 0.5) is 5.69 Å². The average molecular weight is 336 g/mol. The first-order chi connectivity index (χ1) is 11.7. The van der Waals surface area contributed by atoms with E-state index in [1.807, 2.05) is 47.8 Å². The fourth-order valence-corrected chi connectivity index (χ4v) is 3.42. The van der Waals surface area contributed by atoms with Crippen molar-refractivity contribution in [2.24, 2.45) is 0 Å². The number of benzene rings is 2. The number of nitrogens with zero attached hydrogens (tertiary/aromatic N) is 1. The molecule has 0 spiro atoms. The monoisotopic (exact) mass is 336 g/mol. The van der Waals surface area contributed by atoms with Crippen LogP contribution in [0.3, 0.4) is 0 Å². The Balaban J connectivity index is 1.61. The van der Waals surface area contributed by atoms with E-state index in [0.717, 1.165) is 34.8 Å². The smallest absolute Gasteiger partial charge is 0.230 e. The van der Waals surface area contributed by atoms with Crippen LogP contribution in [0.2, 0.25) is 0 Å². The topological polar surface area (TPSA) is 42.0 Å². The lowest BCUT2D eigenvalue weighted by Gasteiger charge is -2.08. The van der Waals surface area contributed by atoms with Gasteiger partial charge in [-0.1, -0.05) is 55.5 Å². The molecule has 1 amide bonds. The molecule has 0 bridgehead atoms. The second-order valence-corrected chi connectivity index (χ2v) is 6.57. The molecule has 4 heteroatoms. The van der Waals surface area contributed by atoms with Crippen LogP contribution in [-0.2, 0) is 24.1 Å². The largest absolute Gasteiger partial charge is 0.325 e. The molecular formula is C20H20N2OS. The van der Waals surface area contributed by atoms with E-state index in [0.29, 0.717) is 6.42 Å². The third kappa shape index (κ3) is 4.30. The third-order valence-electron chi connectivity index (χ3n) is 3.81. The minimum atomic E-state index is -0.0209. The fraction of sp³-hybridized carbons (Fsp3) is 0.200. The Kier molecular flexibility index (Phi) is 5.39. The second-order valence-electron chi connectivity index (χ2n) is 5.63. The quantitative estimate of drug-likeness (QED) is 0.721. The van der Waals surface area contributed by atoms with Crippen molar-refractivity contribution in [2.75, 3.05) is 5.32 Å².